The number of nitrogens with zero attached hydrogens (tertiary/aromatic N) is 1. The highest BCUT2D eigenvalue weighted by Gasteiger charge is 2.40. The average molecular weight is 461 g/mol. The van der Waals surface area contributed by atoms with Crippen molar-refractivity contribution in [3.05, 3.63) is 69.3 Å². The van der Waals surface area contributed by atoms with Crippen LogP contribution in [0.5, 0.6) is 0 Å². The summed E-state index contributed by atoms with van der Waals surface area (Å²) in [4.78, 5) is 40.3. The number of anilines is 2. The van der Waals surface area contributed by atoms with Crippen LogP contribution < -0.4 is 10.2 Å². The molecule has 0 aliphatic carbocycles. The highest BCUT2D eigenvalue weighted by Crippen LogP contribution is 2.34. The van der Waals surface area contributed by atoms with Crippen molar-refractivity contribution < 1.29 is 19.1 Å². The van der Waals surface area contributed by atoms with Gasteiger partial charge in [-0.15, -0.1) is 0 Å². The molecular formula is C23H22Cl2N2O4. The number of hydrogen-bond donors (Lipinski definition) is 1. The zero-order chi connectivity index (χ0) is 22.7. The summed E-state index contributed by atoms with van der Waals surface area (Å²) in [5.41, 5.74) is 2.60. The van der Waals surface area contributed by atoms with Gasteiger partial charge < -0.3 is 10.1 Å². The maximum atomic E-state index is 13.1. The van der Waals surface area contributed by atoms with Gasteiger partial charge in [-0.3, -0.25) is 14.5 Å². The van der Waals surface area contributed by atoms with Gasteiger partial charge in [0.2, 0.25) is 11.8 Å². The Morgan fingerprint density at radius 1 is 1.10 bits per heavy atom. The number of carbonyl (C=O) groups is 3. The summed E-state index contributed by atoms with van der Waals surface area (Å²) < 4.78 is 5.20. The Hall–Kier alpha value is -2.83. The summed E-state index contributed by atoms with van der Waals surface area (Å²) >= 11 is 11.9. The number of hydrogen-bond acceptors (Lipinski definition) is 4. The van der Waals surface area contributed by atoms with Crippen molar-refractivity contribution in [2.24, 2.45) is 5.92 Å². The van der Waals surface area contributed by atoms with Crippen LogP contribution in [0.15, 0.2) is 53.7 Å². The molecule has 1 aliphatic heterocycles. The van der Waals surface area contributed by atoms with Gasteiger partial charge in [0, 0.05) is 23.5 Å². The van der Waals surface area contributed by atoms with Gasteiger partial charge >= 0.3 is 5.97 Å². The maximum absolute atomic E-state index is 13.1. The molecule has 1 aliphatic rings. The Morgan fingerprint density at radius 2 is 1.77 bits per heavy atom. The molecule has 2 aromatic carbocycles. The normalized spacial score (nSPS) is 16.4. The lowest BCUT2D eigenvalue weighted by atomic mass is 9.88. The summed E-state index contributed by atoms with van der Waals surface area (Å²) in [5, 5.41) is 3.35. The lowest BCUT2D eigenvalue weighted by molar-refractivity contribution is -0.141. The first-order valence-corrected chi connectivity index (χ1v) is 10.5. The second-order valence-corrected chi connectivity index (χ2v) is 7.97. The molecule has 0 fully saturated rings. The van der Waals surface area contributed by atoms with Crippen LogP contribution in [0.2, 0.25) is 10.0 Å². The van der Waals surface area contributed by atoms with Gasteiger partial charge in [-0.1, -0.05) is 40.9 Å². The fourth-order valence-corrected chi connectivity index (χ4v) is 3.78. The third kappa shape index (κ3) is 4.92. The van der Waals surface area contributed by atoms with Crippen molar-refractivity contribution in [2.75, 3.05) is 16.8 Å². The number of nitrogens with one attached hydrogen (secondary N) is 1. The molecule has 2 aromatic rings. The molecular weight excluding hydrogens is 439 g/mol. The van der Waals surface area contributed by atoms with Crippen molar-refractivity contribution in [1.29, 1.82) is 0 Å². The number of carbonyl (C=O) groups excluding carboxylic acids is 3. The minimum absolute atomic E-state index is 0.148. The molecule has 1 unspecified atom stereocenters. The molecule has 0 radical (unpaired) electrons. The highest BCUT2D eigenvalue weighted by molar-refractivity contribution is 6.42. The van der Waals surface area contributed by atoms with Crippen LogP contribution in [-0.4, -0.2) is 24.4 Å². The first-order valence-electron chi connectivity index (χ1n) is 9.76. The fraction of sp³-hybridized carbons (Fsp3) is 0.261. The van der Waals surface area contributed by atoms with Gasteiger partial charge in [-0.2, -0.15) is 0 Å². The van der Waals surface area contributed by atoms with E-state index in [4.69, 9.17) is 27.9 Å². The van der Waals surface area contributed by atoms with Gasteiger partial charge in [0.1, 0.15) is 0 Å². The molecule has 0 aromatic heterocycles. The monoisotopic (exact) mass is 460 g/mol. The zero-order valence-corrected chi connectivity index (χ0v) is 18.9. The minimum atomic E-state index is -0.997. The van der Waals surface area contributed by atoms with E-state index in [-0.39, 0.29) is 29.5 Å². The number of halogens is 2. The van der Waals surface area contributed by atoms with E-state index in [0.29, 0.717) is 22.1 Å². The summed E-state index contributed by atoms with van der Waals surface area (Å²) in [6, 6.07) is 12.0. The molecule has 1 N–H and O–H groups in total. The van der Waals surface area contributed by atoms with Crippen molar-refractivity contribution >= 4 is 52.4 Å². The minimum Gasteiger partial charge on any atom is -0.463 e. The fourth-order valence-electron chi connectivity index (χ4n) is 3.48. The molecule has 8 heteroatoms. The van der Waals surface area contributed by atoms with E-state index in [0.717, 1.165) is 5.56 Å². The number of esters is 1. The van der Waals surface area contributed by atoms with Crippen molar-refractivity contribution in [3.8, 4) is 0 Å². The first-order chi connectivity index (χ1) is 14.7. The molecule has 0 bridgehead atoms. The van der Waals surface area contributed by atoms with Crippen LogP contribution >= 0.6 is 23.2 Å². The highest BCUT2D eigenvalue weighted by atomic mass is 35.5. The summed E-state index contributed by atoms with van der Waals surface area (Å²) in [6.45, 7) is 5.42. The molecule has 0 saturated heterocycles. The molecule has 6 nitrogen and oxygen atoms in total. The van der Waals surface area contributed by atoms with Crippen LogP contribution in [0.4, 0.5) is 11.4 Å². The van der Waals surface area contributed by atoms with E-state index in [1.54, 1.807) is 38.1 Å². The SMILES string of the molecule is CCOC(=O)C1=C(C)N(c2ccc(C)cc2)C(=O)CC1C(=O)Nc1ccc(Cl)c(Cl)c1. The van der Waals surface area contributed by atoms with Crippen LogP contribution in [0.3, 0.4) is 0 Å². The predicted octanol–water partition coefficient (Wildman–Crippen LogP) is 5.13. The second-order valence-electron chi connectivity index (χ2n) is 7.16. The largest absolute Gasteiger partial charge is 0.463 e. The third-order valence-corrected chi connectivity index (χ3v) is 5.73. The van der Waals surface area contributed by atoms with E-state index in [9.17, 15) is 14.4 Å². The Kier molecular flexibility index (Phi) is 7.03. The Morgan fingerprint density at radius 3 is 2.39 bits per heavy atom. The summed E-state index contributed by atoms with van der Waals surface area (Å²) in [6.07, 6.45) is -0.174. The second kappa shape index (κ2) is 9.54. The number of amides is 2. The smallest absolute Gasteiger partial charge is 0.336 e. The van der Waals surface area contributed by atoms with Gasteiger partial charge in [-0.05, 0) is 51.1 Å². The Bertz CT molecular complexity index is 1060. The van der Waals surface area contributed by atoms with E-state index in [2.05, 4.69) is 5.32 Å². The summed E-state index contributed by atoms with van der Waals surface area (Å²) in [5.74, 6) is -2.41. The number of rotatable bonds is 5. The number of allylic oxidation sites excluding steroid dienone is 1. The van der Waals surface area contributed by atoms with Crippen molar-refractivity contribution in [1.82, 2.24) is 0 Å². The number of benzene rings is 2. The maximum Gasteiger partial charge on any atom is 0.336 e. The Labute approximate surface area is 190 Å². The molecule has 0 saturated carbocycles. The summed E-state index contributed by atoms with van der Waals surface area (Å²) in [7, 11) is 0. The van der Waals surface area contributed by atoms with Crippen molar-refractivity contribution in [3.63, 3.8) is 0 Å². The lowest BCUT2D eigenvalue weighted by Gasteiger charge is -2.33. The molecule has 1 atom stereocenters. The van der Waals surface area contributed by atoms with Gasteiger partial charge in [-0.25, -0.2) is 4.79 Å². The topological polar surface area (TPSA) is 75.7 Å². The quantitative estimate of drug-likeness (QED) is 0.627. The molecule has 0 spiro atoms. The molecule has 2 amide bonds. The molecule has 31 heavy (non-hydrogen) atoms. The van der Waals surface area contributed by atoms with Gasteiger partial charge in [0.25, 0.3) is 0 Å². The number of aryl methyl sites for hydroxylation is 1. The first kappa shape index (κ1) is 22.8. The third-order valence-electron chi connectivity index (χ3n) is 4.99. The number of ether oxygens (including phenoxy) is 1. The van der Waals surface area contributed by atoms with Gasteiger partial charge in [0.05, 0.1) is 28.1 Å². The Balaban J connectivity index is 1.99. The zero-order valence-electron chi connectivity index (χ0n) is 17.4. The van der Waals surface area contributed by atoms with Gasteiger partial charge in [0.15, 0.2) is 0 Å². The molecule has 1 heterocycles. The average Bonchev–Trinajstić information content (AvgIpc) is 2.71. The standard InChI is InChI=1S/C23H22Cl2N2O4/c1-4-31-23(30)21-14(3)27(16-8-5-13(2)6-9-16)20(28)12-17(21)22(29)26-15-7-10-18(24)19(25)11-15/h5-11,17H,4,12H2,1-3H3,(H,26,29). The van der Waals surface area contributed by atoms with E-state index < -0.39 is 17.8 Å². The molecule has 3 rings (SSSR count). The lowest BCUT2D eigenvalue weighted by Crippen LogP contribution is -2.43. The van der Waals surface area contributed by atoms with Crippen molar-refractivity contribution in [2.45, 2.75) is 27.2 Å². The van der Waals surface area contributed by atoms with E-state index in [1.807, 2.05) is 19.1 Å². The van der Waals surface area contributed by atoms with E-state index in [1.165, 1.54) is 11.0 Å². The molecule has 162 valence electrons. The van der Waals surface area contributed by atoms with Crippen LogP contribution in [0.1, 0.15) is 25.8 Å². The van der Waals surface area contributed by atoms with E-state index >= 15 is 0 Å². The van der Waals surface area contributed by atoms with Crippen LogP contribution in [0.25, 0.3) is 0 Å². The predicted molar refractivity (Wildman–Crippen MR) is 121 cm³/mol. The van der Waals surface area contributed by atoms with Crippen LogP contribution in [-0.2, 0) is 19.1 Å². The van der Waals surface area contributed by atoms with Crippen LogP contribution in [0, 0.1) is 12.8 Å².